The van der Waals surface area contributed by atoms with Gasteiger partial charge in [-0.25, -0.2) is 8.78 Å². The molecular formula is C9H11F2NO. The van der Waals surface area contributed by atoms with Crippen molar-refractivity contribution >= 4 is 0 Å². The van der Waals surface area contributed by atoms with Gasteiger partial charge in [0, 0.05) is 18.2 Å². The molecule has 1 aromatic rings. The van der Waals surface area contributed by atoms with Crippen LogP contribution in [0.4, 0.5) is 8.78 Å². The number of aromatic hydroxyl groups is 1. The molecule has 0 aliphatic rings. The topological polar surface area (TPSA) is 46.2 Å². The van der Waals surface area contributed by atoms with Crippen molar-refractivity contribution in [2.45, 2.75) is 12.6 Å². The molecule has 0 aliphatic carbocycles. The van der Waals surface area contributed by atoms with E-state index >= 15 is 0 Å². The van der Waals surface area contributed by atoms with Crippen LogP contribution in [0.3, 0.4) is 0 Å². The van der Waals surface area contributed by atoms with Crippen molar-refractivity contribution in [1.29, 1.82) is 0 Å². The molecule has 1 unspecified atom stereocenters. The maximum absolute atomic E-state index is 13.5. The Labute approximate surface area is 75.0 Å². The maximum atomic E-state index is 13.5. The van der Waals surface area contributed by atoms with Crippen LogP contribution in [0.5, 0.6) is 5.75 Å². The fraction of sp³-hybridized carbons (Fsp3) is 0.333. The second kappa shape index (κ2) is 3.30. The van der Waals surface area contributed by atoms with E-state index in [1.165, 1.54) is 19.1 Å². The summed E-state index contributed by atoms with van der Waals surface area (Å²) in [5.41, 5.74) is 3.12. The van der Waals surface area contributed by atoms with Crippen LogP contribution in [0.2, 0.25) is 0 Å². The molecule has 13 heavy (non-hydrogen) atoms. The lowest BCUT2D eigenvalue weighted by Crippen LogP contribution is -2.27. The van der Waals surface area contributed by atoms with Crippen LogP contribution in [0.1, 0.15) is 12.5 Å². The van der Waals surface area contributed by atoms with E-state index in [0.29, 0.717) is 0 Å². The normalized spacial score (nSPS) is 15.4. The van der Waals surface area contributed by atoms with Crippen molar-refractivity contribution in [3.8, 4) is 5.75 Å². The highest BCUT2D eigenvalue weighted by molar-refractivity contribution is 5.31. The largest absolute Gasteiger partial charge is 0.508 e. The molecule has 0 bridgehead atoms. The number of hydrogen-bond acceptors (Lipinski definition) is 2. The second-order valence-corrected chi connectivity index (χ2v) is 3.07. The monoisotopic (exact) mass is 187 g/mol. The van der Waals surface area contributed by atoms with Crippen molar-refractivity contribution in [1.82, 2.24) is 0 Å². The lowest BCUT2D eigenvalue weighted by atomic mass is 9.97. The summed E-state index contributed by atoms with van der Waals surface area (Å²) < 4.78 is 26.6. The molecule has 0 radical (unpaired) electrons. The highest BCUT2D eigenvalue weighted by Gasteiger charge is 2.27. The van der Waals surface area contributed by atoms with Crippen LogP contribution < -0.4 is 5.73 Å². The maximum Gasteiger partial charge on any atom is 0.148 e. The molecule has 3 N–H and O–H groups in total. The SMILES string of the molecule is CC(F)(CN)c1ccc(O)cc1F. The summed E-state index contributed by atoms with van der Waals surface area (Å²) in [5.74, 6) is -1.01. The Morgan fingerprint density at radius 3 is 2.62 bits per heavy atom. The third-order valence-electron chi connectivity index (χ3n) is 1.90. The molecule has 72 valence electrons. The van der Waals surface area contributed by atoms with Crippen LogP contribution in [0.15, 0.2) is 18.2 Å². The van der Waals surface area contributed by atoms with Crippen LogP contribution in [0, 0.1) is 5.82 Å². The van der Waals surface area contributed by atoms with Gasteiger partial charge in [0.2, 0.25) is 0 Å². The third kappa shape index (κ3) is 1.95. The molecule has 1 atom stereocenters. The summed E-state index contributed by atoms with van der Waals surface area (Å²) in [5, 5.41) is 8.88. The summed E-state index contributed by atoms with van der Waals surface area (Å²) in [7, 11) is 0. The number of alkyl halides is 1. The van der Waals surface area contributed by atoms with Crippen LogP contribution in [-0.4, -0.2) is 11.7 Å². The lowest BCUT2D eigenvalue weighted by Gasteiger charge is -2.18. The molecule has 0 amide bonds. The van der Waals surface area contributed by atoms with Crippen molar-refractivity contribution in [2.24, 2.45) is 5.73 Å². The number of phenolic OH excluding ortho intramolecular Hbond substituents is 1. The van der Waals surface area contributed by atoms with Crippen molar-refractivity contribution in [2.75, 3.05) is 6.54 Å². The Bertz CT molecular complexity index is 312. The summed E-state index contributed by atoms with van der Waals surface area (Å²) in [4.78, 5) is 0. The Morgan fingerprint density at radius 1 is 1.54 bits per heavy atom. The summed E-state index contributed by atoms with van der Waals surface area (Å²) in [6, 6.07) is 3.28. The molecule has 0 aliphatic heterocycles. The fourth-order valence-electron chi connectivity index (χ4n) is 1.04. The standard InChI is InChI=1S/C9H11F2NO/c1-9(11,5-12)7-3-2-6(13)4-8(7)10/h2-4,13H,5,12H2,1H3. The zero-order chi connectivity index (χ0) is 10.1. The Kier molecular flexibility index (Phi) is 2.52. The van der Waals surface area contributed by atoms with Crippen LogP contribution in [-0.2, 0) is 5.67 Å². The van der Waals surface area contributed by atoms with E-state index in [1.807, 2.05) is 0 Å². The van der Waals surface area contributed by atoms with Crippen molar-refractivity contribution in [3.05, 3.63) is 29.6 Å². The predicted octanol–water partition coefficient (Wildman–Crippen LogP) is 1.67. The lowest BCUT2D eigenvalue weighted by molar-refractivity contribution is 0.196. The molecular weight excluding hydrogens is 176 g/mol. The molecule has 0 aromatic heterocycles. The van der Waals surface area contributed by atoms with E-state index in [0.717, 1.165) is 6.07 Å². The Hall–Kier alpha value is -1.16. The highest BCUT2D eigenvalue weighted by Crippen LogP contribution is 2.28. The number of benzene rings is 1. The molecule has 4 heteroatoms. The van der Waals surface area contributed by atoms with E-state index in [-0.39, 0.29) is 17.9 Å². The van der Waals surface area contributed by atoms with Crippen molar-refractivity contribution < 1.29 is 13.9 Å². The first-order valence-electron chi connectivity index (χ1n) is 3.85. The number of halogens is 2. The van der Waals surface area contributed by atoms with Gasteiger partial charge >= 0.3 is 0 Å². The molecule has 2 nitrogen and oxygen atoms in total. The first-order chi connectivity index (χ1) is 5.97. The van der Waals surface area contributed by atoms with Gasteiger partial charge in [0.25, 0.3) is 0 Å². The summed E-state index contributed by atoms with van der Waals surface area (Å²) in [6.07, 6.45) is 0. The van der Waals surface area contributed by atoms with Crippen LogP contribution in [0.25, 0.3) is 0 Å². The van der Waals surface area contributed by atoms with Gasteiger partial charge in [0.05, 0.1) is 0 Å². The van der Waals surface area contributed by atoms with Gasteiger partial charge in [-0.15, -0.1) is 0 Å². The molecule has 0 fully saturated rings. The minimum absolute atomic E-state index is 0.132. The van der Waals surface area contributed by atoms with E-state index in [1.54, 1.807) is 0 Å². The minimum atomic E-state index is -1.89. The number of hydrogen-bond donors (Lipinski definition) is 2. The minimum Gasteiger partial charge on any atom is -0.508 e. The number of rotatable bonds is 2. The van der Waals surface area contributed by atoms with Gasteiger partial charge in [-0.1, -0.05) is 0 Å². The van der Waals surface area contributed by atoms with Gasteiger partial charge in [-0.3, -0.25) is 0 Å². The first kappa shape index (κ1) is 9.92. The number of nitrogens with two attached hydrogens (primary N) is 1. The smallest absolute Gasteiger partial charge is 0.148 e. The molecule has 1 rings (SSSR count). The third-order valence-corrected chi connectivity index (χ3v) is 1.90. The highest BCUT2D eigenvalue weighted by atomic mass is 19.1. The van der Waals surface area contributed by atoms with Crippen molar-refractivity contribution in [3.63, 3.8) is 0 Å². The molecule has 1 aromatic carbocycles. The average molecular weight is 187 g/mol. The average Bonchev–Trinajstić information content (AvgIpc) is 2.03. The Balaban J connectivity index is 3.16. The molecule has 0 saturated carbocycles. The summed E-state index contributed by atoms with van der Waals surface area (Å²) >= 11 is 0. The van der Waals surface area contributed by atoms with E-state index in [4.69, 9.17) is 10.8 Å². The van der Waals surface area contributed by atoms with Gasteiger partial charge in [-0.2, -0.15) is 0 Å². The van der Waals surface area contributed by atoms with Gasteiger partial charge in [-0.05, 0) is 19.1 Å². The van der Waals surface area contributed by atoms with Gasteiger partial charge in [0.1, 0.15) is 17.2 Å². The fourth-order valence-corrected chi connectivity index (χ4v) is 1.04. The quantitative estimate of drug-likeness (QED) is 0.739. The zero-order valence-electron chi connectivity index (χ0n) is 7.22. The second-order valence-electron chi connectivity index (χ2n) is 3.07. The van der Waals surface area contributed by atoms with Gasteiger partial charge < -0.3 is 10.8 Å². The molecule has 0 saturated heterocycles. The predicted molar refractivity (Wildman–Crippen MR) is 45.6 cm³/mol. The summed E-state index contributed by atoms with van der Waals surface area (Å²) in [6.45, 7) is 0.900. The van der Waals surface area contributed by atoms with Gasteiger partial charge in [0.15, 0.2) is 0 Å². The van der Waals surface area contributed by atoms with Crippen LogP contribution >= 0.6 is 0 Å². The van der Waals surface area contributed by atoms with E-state index in [2.05, 4.69) is 0 Å². The first-order valence-corrected chi connectivity index (χ1v) is 3.85. The zero-order valence-corrected chi connectivity index (χ0v) is 7.22. The molecule has 0 heterocycles. The number of phenols is 1. The Morgan fingerprint density at radius 2 is 2.15 bits per heavy atom. The van der Waals surface area contributed by atoms with E-state index in [9.17, 15) is 8.78 Å². The van der Waals surface area contributed by atoms with E-state index < -0.39 is 11.5 Å². The molecule has 0 spiro atoms.